The Kier molecular flexibility index (Phi) is 1.83. The van der Waals surface area contributed by atoms with Crippen molar-refractivity contribution >= 4 is 0 Å². The number of hydrogen-bond donors (Lipinski definition) is 1. The largest absolute Gasteiger partial charge is 0.316 e. The Morgan fingerprint density at radius 3 is 2.67 bits per heavy atom. The number of hydrogen-bond acceptors (Lipinski definition) is 3. The molecule has 15 heavy (non-hydrogen) atoms. The summed E-state index contributed by atoms with van der Waals surface area (Å²) in [6.45, 7) is 2.11. The first kappa shape index (κ1) is 9.21. The molecule has 82 valence electrons. The van der Waals surface area contributed by atoms with Crippen LogP contribution in [0.4, 0.5) is 8.78 Å². The molecule has 1 aromatic rings. The van der Waals surface area contributed by atoms with Crippen LogP contribution in [0.2, 0.25) is 0 Å². The van der Waals surface area contributed by atoms with E-state index < -0.39 is 6.43 Å². The Balaban J connectivity index is 1.67. The molecule has 1 saturated heterocycles. The van der Waals surface area contributed by atoms with Gasteiger partial charge in [-0.2, -0.15) is 0 Å². The van der Waals surface area contributed by atoms with Gasteiger partial charge >= 0.3 is 0 Å². The van der Waals surface area contributed by atoms with Crippen LogP contribution in [-0.2, 0) is 0 Å². The molecule has 1 spiro atoms. The molecule has 0 unspecified atom stereocenters. The van der Waals surface area contributed by atoms with Crippen LogP contribution >= 0.6 is 0 Å². The lowest BCUT2D eigenvalue weighted by molar-refractivity contribution is 0.00160. The van der Waals surface area contributed by atoms with Crippen LogP contribution in [0.25, 0.3) is 0 Å². The van der Waals surface area contributed by atoms with Crippen molar-refractivity contribution in [1.29, 1.82) is 0 Å². The van der Waals surface area contributed by atoms with E-state index in [1.165, 1.54) is 6.33 Å². The van der Waals surface area contributed by atoms with Crippen molar-refractivity contribution in [1.82, 2.24) is 20.1 Å². The Morgan fingerprint density at radius 1 is 1.47 bits per heavy atom. The minimum atomic E-state index is -2.56. The molecule has 1 aliphatic heterocycles. The van der Waals surface area contributed by atoms with Crippen LogP contribution in [0.5, 0.6) is 0 Å². The average Bonchev–Trinajstić information content (AvgIpc) is 2.47. The van der Waals surface area contributed by atoms with Gasteiger partial charge in [0.25, 0.3) is 6.43 Å². The Bertz CT molecular complexity index is 364. The lowest BCUT2D eigenvalue weighted by Crippen LogP contribution is -2.60. The molecule has 4 nitrogen and oxygen atoms in total. The van der Waals surface area contributed by atoms with Crippen LogP contribution in [0.15, 0.2) is 6.33 Å². The molecule has 0 aromatic carbocycles. The van der Waals surface area contributed by atoms with Crippen molar-refractivity contribution < 1.29 is 8.78 Å². The van der Waals surface area contributed by atoms with Gasteiger partial charge in [-0.25, -0.2) is 18.4 Å². The number of alkyl halides is 2. The minimum absolute atomic E-state index is 0.270. The maximum absolute atomic E-state index is 12.2. The summed E-state index contributed by atoms with van der Waals surface area (Å²) in [6, 6.07) is 0.270. The normalized spacial score (nSPS) is 24.2. The van der Waals surface area contributed by atoms with Gasteiger partial charge in [0.2, 0.25) is 5.82 Å². The molecule has 0 amide bonds. The van der Waals surface area contributed by atoms with Crippen LogP contribution in [0.3, 0.4) is 0 Å². The maximum atomic E-state index is 12.2. The second-order valence-electron chi connectivity index (χ2n) is 4.55. The van der Waals surface area contributed by atoms with E-state index in [2.05, 4.69) is 15.4 Å². The van der Waals surface area contributed by atoms with E-state index in [0.717, 1.165) is 25.9 Å². The van der Waals surface area contributed by atoms with E-state index in [1.54, 1.807) is 4.68 Å². The van der Waals surface area contributed by atoms with Gasteiger partial charge in [-0.15, -0.1) is 5.10 Å². The van der Waals surface area contributed by atoms with Gasteiger partial charge < -0.3 is 5.32 Å². The average molecular weight is 214 g/mol. The SMILES string of the molecule is FC(F)c1ncn(C2CC3(CNC3)C2)n1. The van der Waals surface area contributed by atoms with Crippen molar-refractivity contribution in [3.63, 3.8) is 0 Å². The summed E-state index contributed by atoms with van der Waals surface area (Å²) < 4.78 is 26.1. The van der Waals surface area contributed by atoms with Crippen LogP contribution < -0.4 is 5.32 Å². The molecule has 3 rings (SSSR count). The monoisotopic (exact) mass is 214 g/mol. The standard InChI is InChI=1S/C9H12F2N4/c10-7(11)8-13-5-15(14-8)6-1-9(2-6)3-12-4-9/h5-7,12H,1-4H2. The Labute approximate surface area is 85.7 Å². The lowest BCUT2D eigenvalue weighted by Gasteiger charge is -2.54. The summed E-state index contributed by atoms with van der Waals surface area (Å²) in [4.78, 5) is 3.60. The van der Waals surface area contributed by atoms with Crippen LogP contribution in [0.1, 0.15) is 31.1 Å². The van der Waals surface area contributed by atoms with E-state index in [4.69, 9.17) is 0 Å². The minimum Gasteiger partial charge on any atom is -0.316 e. The third kappa shape index (κ3) is 1.35. The van der Waals surface area contributed by atoms with Crippen molar-refractivity contribution in [2.45, 2.75) is 25.3 Å². The Morgan fingerprint density at radius 2 is 2.20 bits per heavy atom. The van der Waals surface area contributed by atoms with E-state index in [1.807, 2.05) is 0 Å². The predicted molar refractivity (Wildman–Crippen MR) is 48.6 cm³/mol. The topological polar surface area (TPSA) is 42.7 Å². The number of nitrogens with zero attached hydrogens (tertiary/aromatic N) is 3. The highest BCUT2D eigenvalue weighted by atomic mass is 19.3. The van der Waals surface area contributed by atoms with E-state index in [0.29, 0.717) is 5.41 Å². The molecule has 0 radical (unpaired) electrons. The summed E-state index contributed by atoms with van der Waals surface area (Å²) >= 11 is 0. The molecular formula is C9H12F2N4. The summed E-state index contributed by atoms with van der Waals surface area (Å²) in [5.41, 5.74) is 0.432. The first-order valence-corrected chi connectivity index (χ1v) is 5.08. The highest BCUT2D eigenvalue weighted by molar-refractivity contribution is 5.04. The molecule has 1 saturated carbocycles. The van der Waals surface area contributed by atoms with Gasteiger partial charge in [0.15, 0.2) is 0 Å². The van der Waals surface area contributed by atoms with E-state index in [9.17, 15) is 8.78 Å². The van der Waals surface area contributed by atoms with Gasteiger partial charge in [0, 0.05) is 13.1 Å². The fourth-order valence-electron chi connectivity index (χ4n) is 2.46. The van der Waals surface area contributed by atoms with Crippen molar-refractivity contribution in [3.8, 4) is 0 Å². The van der Waals surface area contributed by atoms with Gasteiger partial charge in [-0.05, 0) is 18.3 Å². The highest BCUT2D eigenvalue weighted by Crippen LogP contribution is 2.50. The number of rotatable bonds is 2. The predicted octanol–water partition coefficient (Wildman–Crippen LogP) is 1.14. The van der Waals surface area contributed by atoms with Gasteiger partial charge in [0.1, 0.15) is 6.33 Å². The summed E-state index contributed by atoms with van der Waals surface area (Å²) in [7, 11) is 0. The lowest BCUT2D eigenvalue weighted by atomic mass is 9.62. The third-order valence-corrected chi connectivity index (χ3v) is 3.43. The van der Waals surface area contributed by atoms with E-state index >= 15 is 0 Å². The van der Waals surface area contributed by atoms with Gasteiger partial charge in [-0.3, -0.25) is 0 Å². The highest BCUT2D eigenvalue weighted by Gasteiger charge is 2.49. The second kappa shape index (κ2) is 2.98. The van der Waals surface area contributed by atoms with Crippen molar-refractivity contribution in [2.24, 2.45) is 5.41 Å². The number of nitrogens with one attached hydrogen (secondary N) is 1. The van der Waals surface area contributed by atoms with Gasteiger partial charge in [-0.1, -0.05) is 0 Å². The summed E-state index contributed by atoms with van der Waals surface area (Å²) in [6.07, 6.45) is 0.925. The molecule has 2 heterocycles. The maximum Gasteiger partial charge on any atom is 0.299 e. The quantitative estimate of drug-likeness (QED) is 0.802. The second-order valence-corrected chi connectivity index (χ2v) is 4.55. The zero-order valence-electron chi connectivity index (χ0n) is 8.16. The first-order chi connectivity index (χ1) is 7.19. The van der Waals surface area contributed by atoms with E-state index in [-0.39, 0.29) is 11.9 Å². The zero-order chi connectivity index (χ0) is 10.5. The van der Waals surface area contributed by atoms with Crippen LogP contribution in [-0.4, -0.2) is 27.9 Å². The Hall–Kier alpha value is -1.04. The van der Waals surface area contributed by atoms with Gasteiger partial charge in [0.05, 0.1) is 6.04 Å². The summed E-state index contributed by atoms with van der Waals surface area (Å²) in [5, 5.41) is 7.02. The number of aromatic nitrogens is 3. The van der Waals surface area contributed by atoms with Crippen LogP contribution in [0, 0.1) is 5.41 Å². The first-order valence-electron chi connectivity index (χ1n) is 5.08. The molecule has 1 aromatic heterocycles. The summed E-state index contributed by atoms with van der Waals surface area (Å²) in [5.74, 6) is -0.359. The molecule has 2 aliphatic rings. The smallest absolute Gasteiger partial charge is 0.299 e. The molecule has 6 heteroatoms. The van der Waals surface area contributed by atoms with Crippen molar-refractivity contribution in [2.75, 3.05) is 13.1 Å². The molecular weight excluding hydrogens is 202 g/mol. The number of halogens is 2. The fourth-order valence-corrected chi connectivity index (χ4v) is 2.46. The zero-order valence-corrected chi connectivity index (χ0v) is 8.16. The fraction of sp³-hybridized carbons (Fsp3) is 0.778. The van der Waals surface area contributed by atoms with Crippen molar-refractivity contribution in [3.05, 3.63) is 12.2 Å². The molecule has 2 fully saturated rings. The molecule has 1 aliphatic carbocycles. The third-order valence-electron chi connectivity index (χ3n) is 3.43. The molecule has 1 N–H and O–H groups in total. The molecule has 0 bridgehead atoms. The molecule has 0 atom stereocenters.